The van der Waals surface area contributed by atoms with E-state index in [-0.39, 0.29) is 23.0 Å². The third-order valence-electron chi connectivity index (χ3n) is 8.32. The molecule has 2 atom stereocenters. The highest BCUT2D eigenvalue weighted by atomic mass is 19.1. The zero-order valence-corrected chi connectivity index (χ0v) is 21.4. The normalized spacial score (nSPS) is 24.3. The lowest BCUT2D eigenvalue weighted by Gasteiger charge is -2.57. The van der Waals surface area contributed by atoms with Crippen LogP contribution in [-0.4, -0.2) is 72.3 Å². The van der Waals surface area contributed by atoms with E-state index in [1.54, 1.807) is 12.1 Å². The Balaban J connectivity index is 1.41. The molecule has 1 aromatic carbocycles. The molecule has 0 spiro atoms. The molecule has 0 N–H and O–H groups in total. The Morgan fingerprint density at radius 2 is 1.74 bits per heavy atom. The van der Waals surface area contributed by atoms with Crippen LogP contribution in [0.3, 0.4) is 0 Å². The highest BCUT2D eigenvalue weighted by Crippen LogP contribution is 2.59. The molecule has 1 saturated heterocycles. The summed E-state index contributed by atoms with van der Waals surface area (Å²) in [4.78, 5) is 32.3. The Morgan fingerprint density at radius 3 is 2.29 bits per heavy atom. The highest BCUT2D eigenvalue weighted by Gasteiger charge is 2.51. The Bertz CT molecular complexity index is 939. The van der Waals surface area contributed by atoms with Crippen LogP contribution in [0.1, 0.15) is 57.8 Å². The number of nitrogens with zero attached hydrogens (tertiary/aromatic N) is 3. The monoisotopic (exact) mass is 469 g/mol. The van der Waals surface area contributed by atoms with Crippen molar-refractivity contribution in [3.8, 4) is 0 Å². The second-order valence-corrected chi connectivity index (χ2v) is 11.9. The number of hydrogen-bond acceptors (Lipinski definition) is 3. The summed E-state index contributed by atoms with van der Waals surface area (Å²) >= 11 is 0. The molecule has 1 aromatic rings. The first-order valence-electron chi connectivity index (χ1n) is 12.7. The third kappa shape index (κ3) is 5.07. The molecule has 4 aliphatic rings. The summed E-state index contributed by atoms with van der Waals surface area (Å²) in [7, 11) is 0. The van der Waals surface area contributed by atoms with Gasteiger partial charge in [-0.3, -0.25) is 14.5 Å². The van der Waals surface area contributed by atoms with Gasteiger partial charge in [0, 0.05) is 56.8 Å². The molecule has 1 aliphatic heterocycles. The maximum Gasteiger partial charge on any atom is 0.254 e. The molecule has 3 aliphatic carbocycles. The van der Waals surface area contributed by atoms with Crippen molar-refractivity contribution in [2.75, 3.05) is 45.8 Å². The van der Waals surface area contributed by atoms with Crippen molar-refractivity contribution < 1.29 is 14.0 Å². The van der Waals surface area contributed by atoms with Gasteiger partial charge in [0.25, 0.3) is 5.91 Å². The first-order valence-corrected chi connectivity index (χ1v) is 12.7. The van der Waals surface area contributed by atoms with E-state index >= 15 is 0 Å². The number of halogens is 1. The Kier molecular flexibility index (Phi) is 6.92. The Labute approximate surface area is 204 Å². The maximum absolute atomic E-state index is 13.5. The summed E-state index contributed by atoms with van der Waals surface area (Å²) < 4.78 is 13.5. The molecule has 2 unspecified atom stereocenters. The summed E-state index contributed by atoms with van der Waals surface area (Å²) in [5.41, 5.74) is 1.86. The predicted octanol–water partition coefficient (Wildman–Crippen LogP) is 4.45. The number of amides is 2. The third-order valence-corrected chi connectivity index (χ3v) is 8.32. The van der Waals surface area contributed by atoms with Crippen LogP contribution < -0.4 is 0 Å². The molecule has 186 valence electrons. The molecule has 5 rings (SSSR count). The summed E-state index contributed by atoms with van der Waals surface area (Å²) in [5.74, 6) is 1.13. The fourth-order valence-electron chi connectivity index (χ4n) is 5.81. The molecule has 2 bridgehead atoms. The minimum absolute atomic E-state index is 0.0401. The van der Waals surface area contributed by atoms with Crippen molar-refractivity contribution in [1.82, 2.24) is 14.7 Å². The van der Waals surface area contributed by atoms with Crippen molar-refractivity contribution in [2.45, 2.75) is 47.5 Å². The molecule has 0 radical (unpaired) electrons. The van der Waals surface area contributed by atoms with Crippen molar-refractivity contribution >= 4 is 11.8 Å². The molecular formula is C28H40FN3O2. The average Bonchev–Trinajstić information content (AvgIpc) is 2.81. The van der Waals surface area contributed by atoms with Crippen molar-refractivity contribution in [3.63, 3.8) is 0 Å². The van der Waals surface area contributed by atoms with E-state index in [1.807, 2.05) is 30.6 Å². The first-order chi connectivity index (χ1) is 16.0. The maximum atomic E-state index is 13.5. The Hall–Kier alpha value is -2.21. The van der Waals surface area contributed by atoms with Gasteiger partial charge in [-0.2, -0.15) is 0 Å². The van der Waals surface area contributed by atoms with E-state index in [9.17, 15) is 14.0 Å². The lowest BCUT2D eigenvalue weighted by atomic mass is 9.49. The van der Waals surface area contributed by atoms with Gasteiger partial charge in [0.1, 0.15) is 5.82 Å². The predicted molar refractivity (Wildman–Crippen MR) is 133 cm³/mol. The molecule has 1 saturated carbocycles. The van der Waals surface area contributed by atoms with Gasteiger partial charge >= 0.3 is 0 Å². The number of hydrogen-bond donors (Lipinski definition) is 0. The zero-order chi connectivity index (χ0) is 24.7. The fraction of sp³-hybridized carbons (Fsp3) is 0.643. The topological polar surface area (TPSA) is 43.9 Å². The fourth-order valence-corrected chi connectivity index (χ4v) is 5.81. The second-order valence-electron chi connectivity index (χ2n) is 11.9. The summed E-state index contributed by atoms with van der Waals surface area (Å²) in [6, 6.07) is 5.88. The second kappa shape index (κ2) is 9.44. The van der Waals surface area contributed by atoms with Gasteiger partial charge in [0.2, 0.25) is 5.91 Å². The van der Waals surface area contributed by atoms with Crippen molar-refractivity contribution in [2.24, 2.45) is 22.7 Å². The molecule has 6 heteroatoms. The number of fused-ring (bicyclic) bond motifs is 1. The molecule has 0 aromatic heterocycles. The van der Waals surface area contributed by atoms with Crippen LogP contribution in [0.5, 0.6) is 0 Å². The number of allylic oxidation sites excluding steroid dienone is 1. The smallest absolute Gasteiger partial charge is 0.254 e. The number of rotatable bonds is 6. The van der Waals surface area contributed by atoms with E-state index < -0.39 is 0 Å². The van der Waals surface area contributed by atoms with Crippen LogP contribution >= 0.6 is 0 Å². The van der Waals surface area contributed by atoms with Crippen LogP contribution in [0.25, 0.3) is 0 Å². The van der Waals surface area contributed by atoms with Gasteiger partial charge in [-0.25, -0.2) is 4.39 Å². The molecule has 2 amide bonds. The number of carbonyl (C=O) groups is 2. The molecule has 34 heavy (non-hydrogen) atoms. The van der Waals surface area contributed by atoms with Crippen LogP contribution in [-0.2, 0) is 4.79 Å². The van der Waals surface area contributed by atoms with E-state index in [0.717, 1.165) is 45.1 Å². The molecule has 2 fully saturated rings. The van der Waals surface area contributed by atoms with E-state index in [0.29, 0.717) is 30.0 Å². The van der Waals surface area contributed by atoms with Gasteiger partial charge in [-0.05, 0) is 54.4 Å². The largest absolute Gasteiger partial charge is 0.340 e. The van der Waals surface area contributed by atoms with Gasteiger partial charge in [0.15, 0.2) is 0 Å². The summed E-state index contributed by atoms with van der Waals surface area (Å²) in [6.45, 7) is 15.7. The minimum atomic E-state index is -0.359. The van der Waals surface area contributed by atoms with Crippen molar-refractivity contribution in [3.05, 3.63) is 47.3 Å². The van der Waals surface area contributed by atoms with Crippen LogP contribution in [0, 0.1) is 28.5 Å². The average molecular weight is 470 g/mol. The van der Waals surface area contributed by atoms with Gasteiger partial charge in [-0.15, -0.1) is 0 Å². The summed E-state index contributed by atoms with van der Waals surface area (Å²) in [6.07, 6.45) is 4.67. The van der Waals surface area contributed by atoms with Crippen LogP contribution in [0.2, 0.25) is 0 Å². The quantitative estimate of drug-likeness (QED) is 0.578. The minimum Gasteiger partial charge on any atom is -0.340 e. The first kappa shape index (κ1) is 24.9. The standard InChI is InChI=1S/C28H40FN3O2/c1-27(2,3)26(34)31-15-12-30(13-16-31)14-17-32(25(33)20-7-10-23(29)11-8-20)19-21-6-9-22-18-24(21)28(22,4)5/h6-8,10-11,22,24H,9,12-19H2,1-5H3. The van der Waals surface area contributed by atoms with Crippen LogP contribution in [0.4, 0.5) is 4.39 Å². The van der Waals surface area contributed by atoms with Crippen molar-refractivity contribution in [1.29, 1.82) is 0 Å². The zero-order valence-electron chi connectivity index (χ0n) is 21.4. The van der Waals surface area contributed by atoms with Crippen LogP contribution in [0.15, 0.2) is 35.9 Å². The highest BCUT2D eigenvalue weighted by molar-refractivity contribution is 5.94. The van der Waals surface area contributed by atoms with Gasteiger partial charge in [-0.1, -0.05) is 46.3 Å². The number of carbonyl (C=O) groups excluding carboxylic acids is 2. The Morgan fingerprint density at radius 1 is 1.09 bits per heavy atom. The number of benzene rings is 1. The molecule has 1 heterocycles. The van der Waals surface area contributed by atoms with E-state index in [1.165, 1.54) is 24.1 Å². The van der Waals surface area contributed by atoms with Gasteiger partial charge < -0.3 is 9.80 Å². The lowest BCUT2D eigenvalue weighted by Crippen LogP contribution is -2.53. The number of piperazine rings is 1. The summed E-state index contributed by atoms with van der Waals surface area (Å²) in [5, 5.41) is 0. The van der Waals surface area contributed by atoms with E-state index in [4.69, 9.17) is 0 Å². The lowest BCUT2D eigenvalue weighted by molar-refractivity contribution is -0.141. The molecular weight excluding hydrogens is 429 g/mol. The molecule has 5 nitrogen and oxygen atoms in total. The SMILES string of the molecule is CC(C)(C)C(=O)N1CCN(CCN(CC2=CCC3CC2C3(C)C)C(=O)c2ccc(F)cc2)CC1. The van der Waals surface area contributed by atoms with Gasteiger partial charge in [0.05, 0.1) is 0 Å². The van der Waals surface area contributed by atoms with E-state index in [2.05, 4.69) is 24.8 Å².